The SMILES string of the molecule is CC(O)c1ccc(Oc2ccc(Cl)cc2Cl)nc1. The molecule has 2 aromatic rings. The molecule has 18 heavy (non-hydrogen) atoms. The fraction of sp³-hybridized carbons (Fsp3) is 0.154. The summed E-state index contributed by atoms with van der Waals surface area (Å²) in [6.45, 7) is 1.67. The summed E-state index contributed by atoms with van der Waals surface area (Å²) in [5.74, 6) is 0.891. The number of hydrogen-bond acceptors (Lipinski definition) is 3. The van der Waals surface area contributed by atoms with Crippen LogP contribution in [0.2, 0.25) is 10.0 Å². The number of aliphatic hydroxyl groups excluding tert-OH is 1. The average molecular weight is 284 g/mol. The van der Waals surface area contributed by atoms with E-state index in [1.807, 2.05) is 0 Å². The molecule has 3 nitrogen and oxygen atoms in total. The lowest BCUT2D eigenvalue weighted by molar-refractivity contribution is 0.198. The zero-order valence-corrected chi connectivity index (χ0v) is 11.1. The molecule has 5 heteroatoms. The summed E-state index contributed by atoms with van der Waals surface area (Å²) in [4.78, 5) is 4.08. The van der Waals surface area contributed by atoms with Gasteiger partial charge in [0.1, 0.15) is 5.75 Å². The fourth-order valence-corrected chi connectivity index (χ4v) is 1.82. The molecule has 0 aliphatic rings. The van der Waals surface area contributed by atoms with Crippen LogP contribution in [0.5, 0.6) is 11.6 Å². The standard InChI is InChI=1S/C13H11Cl2NO2/c1-8(17)9-2-5-13(16-7-9)18-12-4-3-10(14)6-11(12)15/h2-8,17H,1H3. The Morgan fingerprint density at radius 2 is 2.00 bits per heavy atom. The molecule has 0 aliphatic heterocycles. The molecule has 0 radical (unpaired) electrons. The summed E-state index contributed by atoms with van der Waals surface area (Å²) < 4.78 is 5.52. The molecule has 0 aliphatic carbocycles. The van der Waals surface area contributed by atoms with Gasteiger partial charge in [0.05, 0.1) is 11.1 Å². The van der Waals surface area contributed by atoms with Crippen molar-refractivity contribution in [2.24, 2.45) is 0 Å². The predicted octanol–water partition coefficient (Wildman–Crippen LogP) is 4.23. The first-order chi connectivity index (χ1) is 8.56. The molecular weight excluding hydrogens is 273 g/mol. The highest BCUT2D eigenvalue weighted by atomic mass is 35.5. The summed E-state index contributed by atoms with van der Waals surface area (Å²) in [6, 6.07) is 8.38. The summed E-state index contributed by atoms with van der Waals surface area (Å²) in [6.07, 6.45) is 1.01. The minimum atomic E-state index is -0.550. The van der Waals surface area contributed by atoms with Gasteiger partial charge < -0.3 is 9.84 Å². The number of ether oxygens (including phenoxy) is 1. The Kier molecular flexibility index (Phi) is 4.07. The van der Waals surface area contributed by atoms with Crippen LogP contribution < -0.4 is 4.74 Å². The van der Waals surface area contributed by atoms with Gasteiger partial charge >= 0.3 is 0 Å². The number of aliphatic hydroxyl groups is 1. The van der Waals surface area contributed by atoms with Crippen LogP contribution in [0.4, 0.5) is 0 Å². The van der Waals surface area contributed by atoms with Crippen LogP contribution in [0.15, 0.2) is 36.5 Å². The highest BCUT2D eigenvalue weighted by molar-refractivity contribution is 6.35. The smallest absolute Gasteiger partial charge is 0.219 e. The maximum Gasteiger partial charge on any atom is 0.219 e. The third-order valence-corrected chi connectivity index (χ3v) is 2.88. The van der Waals surface area contributed by atoms with Gasteiger partial charge in [0.15, 0.2) is 0 Å². The van der Waals surface area contributed by atoms with Gasteiger partial charge in [-0.25, -0.2) is 4.98 Å². The lowest BCUT2D eigenvalue weighted by atomic mass is 10.2. The van der Waals surface area contributed by atoms with Crippen molar-refractivity contribution in [2.45, 2.75) is 13.0 Å². The van der Waals surface area contributed by atoms with Crippen molar-refractivity contribution in [2.75, 3.05) is 0 Å². The minimum Gasteiger partial charge on any atom is -0.437 e. The van der Waals surface area contributed by atoms with Crippen LogP contribution in [0.3, 0.4) is 0 Å². The van der Waals surface area contributed by atoms with Gasteiger partial charge in [0.2, 0.25) is 5.88 Å². The van der Waals surface area contributed by atoms with E-state index in [-0.39, 0.29) is 0 Å². The van der Waals surface area contributed by atoms with E-state index < -0.39 is 6.10 Å². The molecule has 0 amide bonds. The molecule has 0 spiro atoms. The third kappa shape index (κ3) is 3.13. The van der Waals surface area contributed by atoms with Crippen LogP contribution in [0.1, 0.15) is 18.6 Å². The zero-order chi connectivity index (χ0) is 13.1. The predicted molar refractivity (Wildman–Crippen MR) is 71.4 cm³/mol. The van der Waals surface area contributed by atoms with Gasteiger partial charge in [-0.15, -0.1) is 0 Å². The molecule has 1 aromatic carbocycles. The van der Waals surface area contributed by atoms with E-state index in [1.165, 1.54) is 0 Å². The van der Waals surface area contributed by atoms with Crippen LogP contribution in [0, 0.1) is 0 Å². The van der Waals surface area contributed by atoms with Crippen molar-refractivity contribution in [1.82, 2.24) is 4.98 Å². The van der Waals surface area contributed by atoms with Crippen molar-refractivity contribution in [3.8, 4) is 11.6 Å². The summed E-state index contributed by atoms with van der Waals surface area (Å²) in [5, 5.41) is 10.3. The third-order valence-electron chi connectivity index (χ3n) is 2.35. The first-order valence-corrected chi connectivity index (χ1v) is 6.09. The van der Waals surface area contributed by atoms with Gasteiger partial charge in [-0.1, -0.05) is 23.2 Å². The minimum absolute atomic E-state index is 0.406. The Bertz CT molecular complexity index is 541. The topological polar surface area (TPSA) is 42.4 Å². The molecule has 0 saturated heterocycles. The first-order valence-electron chi connectivity index (χ1n) is 5.33. The molecule has 0 fully saturated rings. The average Bonchev–Trinajstić information content (AvgIpc) is 2.33. The number of aromatic nitrogens is 1. The quantitative estimate of drug-likeness (QED) is 0.916. The first kappa shape index (κ1) is 13.1. The fourth-order valence-electron chi connectivity index (χ4n) is 1.37. The van der Waals surface area contributed by atoms with Crippen LogP contribution in [-0.4, -0.2) is 10.1 Å². The van der Waals surface area contributed by atoms with Crippen LogP contribution >= 0.6 is 23.2 Å². The molecule has 0 saturated carbocycles. The molecule has 0 bridgehead atoms. The maximum atomic E-state index is 9.36. The number of hydrogen-bond donors (Lipinski definition) is 1. The van der Waals surface area contributed by atoms with Crippen LogP contribution in [-0.2, 0) is 0 Å². The van der Waals surface area contributed by atoms with Gasteiger partial charge in [0, 0.05) is 17.3 Å². The normalized spacial score (nSPS) is 12.2. The Morgan fingerprint density at radius 1 is 1.22 bits per heavy atom. The van der Waals surface area contributed by atoms with Crippen molar-refractivity contribution in [3.05, 3.63) is 52.1 Å². The van der Waals surface area contributed by atoms with E-state index in [4.69, 9.17) is 27.9 Å². The molecule has 94 valence electrons. The molecule has 1 aromatic heterocycles. The van der Waals surface area contributed by atoms with Gasteiger partial charge in [-0.05, 0) is 36.8 Å². The Morgan fingerprint density at radius 3 is 2.56 bits per heavy atom. The van der Waals surface area contributed by atoms with E-state index in [0.717, 1.165) is 5.56 Å². The lowest BCUT2D eigenvalue weighted by Gasteiger charge is -2.08. The molecule has 1 heterocycles. The van der Waals surface area contributed by atoms with Crippen molar-refractivity contribution < 1.29 is 9.84 Å². The van der Waals surface area contributed by atoms with E-state index >= 15 is 0 Å². The summed E-state index contributed by atoms with van der Waals surface area (Å²) in [5.41, 5.74) is 0.726. The van der Waals surface area contributed by atoms with E-state index in [9.17, 15) is 5.11 Å². The van der Waals surface area contributed by atoms with Gasteiger partial charge in [0.25, 0.3) is 0 Å². The largest absolute Gasteiger partial charge is 0.437 e. The monoisotopic (exact) mass is 283 g/mol. The van der Waals surface area contributed by atoms with Gasteiger partial charge in [-0.3, -0.25) is 0 Å². The zero-order valence-electron chi connectivity index (χ0n) is 9.60. The number of nitrogens with zero attached hydrogens (tertiary/aromatic N) is 1. The Balaban J connectivity index is 2.18. The van der Waals surface area contributed by atoms with Crippen molar-refractivity contribution in [1.29, 1.82) is 0 Å². The maximum absolute atomic E-state index is 9.36. The van der Waals surface area contributed by atoms with E-state index in [0.29, 0.717) is 21.7 Å². The molecular formula is C13H11Cl2NO2. The van der Waals surface area contributed by atoms with Crippen molar-refractivity contribution >= 4 is 23.2 Å². The molecule has 1 N–H and O–H groups in total. The molecule has 2 rings (SSSR count). The highest BCUT2D eigenvalue weighted by Crippen LogP contribution is 2.30. The number of pyridine rings is 1. The van der Waals surface area contributed by atoms with Gasteiger partial charge in [-0.2, -0.15) is 0 Å². The van der Waals surface area contributed by atoms with Crippen LogP contribution in [0.25, 0.3) is 0 Å². The van der Waals surface area contributed by atoms with E-state index in [1.54, 1.807) is 43.5 Å². The summed E-state index contributed by atoms with van der Waals surface area (Å²) in [7, 11) is 0. The van der Waals surface area contributed by atoms with E-state index in [2.05, 4.69) is 4.98 Å². The number of halogens is 2. The highest BCUT2D eigenvalue weighted by Gasteiger charge is 2.06. The second-order valence-corrected chi connectivity index (χ2v) is 4.63. The lowest BCUT2D eigenvalue weighted by Crippen LogP contribution is -1.94. The summed E-state index contributed by atoms with van der Waals surface area (Å²) >= 11 is 11.8. The van der Waals surface area contributed by atoms with Crippen molar-refractivity contribution in [3.63, 3.8) is 0 Å². The number of benzene rings is 1. The Hall–Kier alpha value is -1.29. The second-order valence-electron chi connectivity index (χ2n) is 3.78. The molecule has 1 atom stereocenters. The molecule has 1 unspecified atom stereocenters. The number of rotatable bonds is 3. The second kappa shape index (κ2) is 5.57. The Labute approximate surface area is 115 Å².